The highest BCUT2D eigenvalue weighted by atomic mass is 32.1. The molecule has 0 radical (unpaired) electrons. The average Bonchev–Trinajstić information content (AvgIpc) is 3.46. The van der Waals surface area contributed by atoms with Crippen LogP contribution in [0.1, 0.15) is 41.6 Å². The van der Waals surface area contributed by atoms with E-state index in [9.17, 15) is 0 Å². The van der Waals surface area contributed by atoms with Crippen LogP contribution in [-0.4, -0.2) is 54.5 Å². The number of ether oxygens (including phenoxy) is 3. The second kappa shape index (κ2) is 9.08. The zero-order valence-corrected chi connectivity index (χ0v) is 20.0. The quantitative estimate of drug-likeness (QED) is 0.541. The molecule has 0 spiro atoms. The summed E-state index contributed by atoms with van der Waals surface area (Å²) in [6.07, 6.45) is 4.83. The molecule has 7 nitrogen and oxygen atoms in total. The molecule has 1 aliphatic carbocycles. The molecule has 0 amide bonds. The third-order valence-corrected chi connectivity index (χ3v) is 7.99. The number of nitrogens with zero attached hydrogens (tertiary/aromatic N) is 4. The third kappa shape index (κ3) is 4.16. The first kappa shape index (κ1) is 21.1. The van der Waals surface area contributed by atoms with E-state index in [0.29, 0.717) is 6.79 Å². The number of morpholine rings is 1. The first-order valence-electron chi connectivity index (χ1n) is 12.0. The first-order chi connectivity index (χ1) is 16.3. The molecular formula is C25H30N4O3S. The summed E-state index contributed by atoms with van der Waals surface area (Å²) in [7, 11) is 0. The molecule has 0 bridgehead atoms. The van der Waals surface area contributed by atoms with Gasteiger partial charge in [0.15, 0.2) is 11.5 Å². The van der Waals surface area contributed by atoms with Crippen molar-refractivity contribution in [1.29, 1.82) is 0 Å². The maximum atomic E-state index is 5.62. The second-order valence-electron chi connectivity index (χ2n) is 8.94. The summed E-state index contributed by atoms with van der Waals surface area (Å²) in [5, 5.41) is 1.28. The number of hydrogen-bond donors (Lipinski definition) is 0. The molecule has 1 fully saturated rings. The summed E-state index contributed by atoms with van der Waals surface area (Å²) in [6.45, 7) is 8.38. The Labute approximate surface area is 198 Å². The van der Waals surface area contributed by atoms with Crippen LogP contribution in [-0.2, 0) is 30.7 Å². The third-order valence-electron chi connectivity index (χ3n) is 6.80. The number of fused-ring (bicyclic) bond motifs is 4. The summed E-state index contributed by atoms with van der Waals surface area (Å²) >= 11 is 1.88. The van der Waals surface area contributed by atoms with Crippen LogP contribution >= 0.6 is 11.3 Å². The number of anilines is 1. The van der Waals surface area contributed by atoms with E-state index < -0.39 is 0 Å². The SMILES string of the molecule is CCN(Cc1ccc2c(c1)OCO2)c1nc(CN2CCOCC2)nc2sc3c(c12)CCCC3. The molecule has 174 valence electrons. The van der Waals surface area contributed by atoms with E-state index in [4.69, 9.17) is 24.2 Å². The van der Waals surface area contributed by atoms with Gasteiger partial charge in [-0.3, -0.25) is 4.90 Å². The lowest BCUT2D eigenvalue weighted by Crippen LogP contribution is -2.36. The Kier molecular flexibility index (Phi) is 5.82. The second-order valence-corrected chi connectivity index (χ2v) is 10.0. The minimum atomic E-state index is 0.300. The number of benzene rings is 1. The largest absolute Gasteiger partial charge is 0.454 e. The number of rotatable bonds is 6. The van der Waals surface area contributed by atoms with E-state index in [1.165, 1.54) is 40.7 Å². The zero-order valence-electron chi connectivity index (χ0n) is 19.1. The van der Waals surface area contributed by atoms with Gasteiger partial charge < -0.3 is 19.1 Å². The number of hydrogen-bond acceptors (Lipinski definition) is 8. The Morgan fingerprint density at radius 1 is 1.06 bits per heavy atom. The smallest absolute Gasteiger partial charge is 0.231 e. The fourth-order valence-corrected chi connectivity index (χ4v) is 6.31. The summed E-state index contributed by atoms with van der Waals surface area (Å²) in [5.41, 5.74) is 2.69. The van der Waals surface area contributed by atoms with E-state index in [-0.39, 0.29) is 0 Å². The van der Waals surface area contributed by atoms with E-state index in [1.54, 1.807) is 0 Å². The highest BCUT2D eigenvalue weighted by Crippen LogP contribution is 2.40. The van der Waals surface area contributed by atoms with Crippen LogP contribution in [0.15, 0.2) is 18.2 Å². The molecule has 0 unspecified atom stereocenters. The van der Waals surface area contributed by atoms with Gasteiger partial charge in [0.2, 0.25) is 6.79 Å². The van der Waals surface area contributed by atoms with Crippen molar-refractivity contribution in [2.45, 2.75) is 45.7 Å². The normalized spacial score (nSPS) is 18.0. The lowest BCUT2D eigenvalue weighted by molar-refractivity contribution is 0.0331. The Balaban J connectivity index is 1.39. The van der Waals surface area contributed by atoms with E-state index >= 15 is 0 Å². The molecule has 6 rings (SSSR count). The zero-order chi connectivity index (χ0) is 22.2. The lowest BCUT2D eigenvalue weighted by atomic mass is 9.97. The minimum absolute atomic E-state index is 0.300. The molecule has 2 aliphatic heterocycles. The summed E-state index contributed by atoms with van der Waals surface area (Å²) in [5.74, 6) is 3.66. The van der Waals surface area contributed by atoms with Crippen LogP contribution in [0, 0.1) is 0 Å². The highest BCUT2D eigenvalue weighted by Gasteiger charge is 2.25. The van der Waals surface area contributed by atoms with Gasteiger partial charge >= 0.3 is 0 Å². The standard InChI is InChI=1S/C25H30N4O3S/c1-2-29(14-17-7-8-19-20(13-17)32-16-31-19)24-23-18-5-3-4-6-21(18)33-25(23)27-22(26-24)15-28-9-11-30-12-10-28/h7-8,13H,2-6,9-12,14-16H2,1H3. The van der Waals surface area contributed by atoms with Crippen molar-refractivity contribution >= 4 is 27.4 Å². The van der Waals surface area contributed by atoms with Crippen molar-refractivity contribution < 1.29 is 14.2 Å². The van der Waals surface area contributed by atoms with Gasteiger partial charge in [-0.25, -0.2) is 9.97 Å². The van der Waals surface area contributed by atoms with E-state index in [1.807, 2.05) is 17.4 Å². The molecule has 0 atom stereocenters. The highest BCUT2D eigenvalue weighted by molar-refractivity contribution is 7.19. The number of thiophene rings is 1. The Morgan fingerprint density at radius 3 is 2.79 bits per heavy atom. The molecule has 3 aromatic rings. The molecule has 33 heavy (non-hydrogen) atoms. The molecule has 1 aromatic carbocycles. The van der Waals surface area contributed by atoms with Crippen LogP contribution in [0.4, 0.5) is 5.82 Å². The van der Waals surface area contributed by atoms with Crippen LogP contribution in [0.3, 0.4) is 0 Å². The Hall–Kier alpha value is -2.42. The van der Waals surface area contributed by atoms with Gasteiger partial charge in [0.1, 0.15) is 16.5 Å². The Bertz CT molecular complexity index is 1160. The van der Waals surface area contributed by atoms with Gasteiger partial charge in [-0.15, -0.1) is 11.3 Å². The molecule has 4 heterocycles. The van der Waals surface area contributed by atoms with Gasteiger partial charge in [-0.1, -0.05) is 6.07 Å². The van der Waals surface area contributed by atoms with Gasteiger partial charge in [0, 0.05) is 31.1 Å². The van der Waals surface area contributed by atoms with Crippen LogP contribution < -0.4 is 14.4 Å². The molecule has 0 saturated carbocycles. The average molecular weight is 467 g/mol. The molecule has 2 aromatic heterocycles. The topological polar surface area (TPSA) is 60.0 Å². The van der Waals surface area contributed by atoms with Gasteiger partial charge in [-0.05, 0) is 55.9 Å². The van der Waals surface area contributed by atoms with Crippen molar-refractivity contribution in [3.8, 4) is 11.5 Å². The fourth-order valence-electron chi connectivity index (χ4n) is 5.04. The van der Waals surface area contributed by atoms with Gasteiger partial charge in [0.25, 0.3) is 0 Å². The molecule has 8 heteroatoms. The van der Waals surface area contributed by atoms with Crippen molar-refractivity contribution in [1.82, 2.24) is 14.9 Å². The van der Waals surface area contributed by atoms with Crippen LogP contribution in [0.2, 0.25) is 0 Å². The summed E-state index contributed by atoms with van der Waals surface area (Å²) in [4.78, 5) is 17.7. The molecule has 3 aliphatic rings. The van der Waals surface area contributed by atoms with E-state index in [0.717, 1.165) is 80.3 Å². The van der Waals surface area contributed by atoms with Crippen LogP contribution in [0.25, 0.3) is 10.2 Å². The Morgan fingerprint density at radius 2 is 1.91 bits per heavy atom. The van der Waals surface area contributed by atoms with E-state index in [2.05, 4.69) is 28.9 Å². The number of aryl methyl sites for hydroxylation is 2. The monoisotopic (exact) mass is 466 g/mol. The number of aromatic nitrogens is 2. The van der Waals surface area contributed by atoms with Crippen molar-refractivity contribution in [3.05, 3.63) is 40.0 Å². The van der Waals surface area contributed by atoms with Crippen molar-refractivity contribution in [2.24, 2.45) is 0 Å². The lowest BCUT2D eigenvalue weighted by Gasteiger charge is -2.27. The van der Waals surface area contributed by atoms with Gasteiger partial charge in [0.05, 0.1) is 25.1 Å². The van der Waals surface area contributed by atoms with Crippen molar-refractivity contribution in [2.75, 3.05) is 44.5 Å². The van der Waals surface area contributed by atoms with Gasteiger partial charge in [-0.2, -0.15) is 0 Å². The molecule has 1 saturated heterocycles. The predicted octanol–water partition coefficient (Wildman–Crippen LogP) is 4.16. The first-order valence-corrected chi connectivity index (χ1v) is 12.8. The maximum Gasteiger partial charge on any atom is 0.231 e. The maximum absolute atomic E-state index is 5.62. The fraction of sp³-hybridized carbons (Fsp3) is 0.520. The molecule has 0 N–H and O–H groups in total. The van der Waals surface area contributed by atoms with Crippen LogP contribution in [0.5, 0.6) is 11.5 Å². The minimum Gasteiger partial charge on any atom is -0.454 e. The summed E-state index contributed by atoms with van der Waals surface area (Å²) in [6, 6.07) is 6.24. The predicted molar refractivity (Wildman–Crippen MR) is 129 cm³/mol. The van der Waals surface area contributed by atoms with Crippen molar-refractivity contribution in [3.63, 3.8) is 0 Å². The summed E-state index contributed by atoms with van der Waals surface area (Å²) < 4.78 is 16.6. The molecular weight excluding hydrogens is 436 g/mol.